The molecule has 0 N–H and O–H groups in total. The van der Waals surface area contributed by atoms with E-state index >= 15 is 0 Å². The second kappa shape index (κ2) is 9.20. The zero-order chi connectivity index (χ0) is 26.4. The summed E-state index contributed by atoms with van der Waals surface area (Å²) in [6, 6.07) is 18.1. The molecule has 0 amide bonds. The van der Waals surface area contributed by atoms with Crippen molar-refractivity contribution in [2.75, 3.05) is 0 Å². The number of nitrogens with zero attached hydrogens (tertiary/aromatic N) is 5. The first-order chi connectivity index (χ1) is 18.3. The molecule has 8 nitrogen and oxygen atoms in total. The van der Waals surface area contributed by atoms with Crippen molar-refractivity contribution in [1.82, 2.24) is 19.6 Å². The van der Waals surface area contributed by atoms with Crippen molar-refractivity contribution in [3.8, 4) is 5.88 Å². The van der Waals surface area contributed by atoms with Crippen LogP contribution in [0.5, 0.6) is 5.88 Å². The molecule has 6 rings (SSSR count). The second-order valence-electron chi connectivity index (χ2n) is 10.8. The van der Waals surface area contributed by atoms with E-state index in [1.54, 1.807) is 10.8 Å². The van der Waals surface area contributed by atoms with Crippen LogP contribution >= 0.6 is 0 Å². The molecular formula is C30H29N5O3. The number of benzene rings is 2. The van der Waals surface area contributed by atoms with Crippen LogP contribution in [0.4, 0.5) is 0 Å². The second-order valence-corrected chi connectivity index (χ2v) is 10.8. The van der Waals surface area contributed by atoms with Gasteiger partial charge in [0.15, 0.2) is 23.9 Å². The summed E-state index contributed by atoms with van der Waals surface area (Å²) < 4.78 is 7.92. The molecule has 0 fully saturated rings. The molecule has 0 spiro atoms. The first-order valence-electron chi connectivity index (χ1n) is 12.8. The number of ketones is 1. The van der Waals surface area contributed by atoms with E-state index in [-0.39, 0.29) is 23.7 Å². The number of aryl methyl sites for hydroxylation is 1. The number of Topliss-reactive ketones (excluding diaryl/α,β-unsaturated/α-hetero) is 1. The highest BCUT2D eigenvalue weighted by atomic mass is 16.6. The molecule has 38 heavy (non-hydrogen) atoms. The minimum atomic E-state index is -0.338. The van der Waals surface area contributed by atoms with Crippen molar-refractivity contribution in [3.05, 3.63) is 100 Å². The summed E-state index contributed by atoms with van der Waals surface area (Å²) in [6.07, 6.45) is 2.73. The number of carbonyl (C=O) groups excluding carboxylic acids is 1. The number of oxime groups is 1. The maximum Gasteiger partial charge on any atom is 0.228 e. The quantitative estimate of drug-likeness (QED) is 0.260. The number of fused-ring (bicyclic) bond motifs is 3. The largest absolute Gasteiger partial charge is 0.442 e. The lowest BCUT2D eigenvalue weighted by Gasteiger charge is -2.37. The van der Waals surface area contributed by atoms with E-state index < -0.39 is 0 Å². The lowest BCUT2D eigenvalue weighted by atomic mass is 9.70. The van der Waals surface area contributed by atoms with Crippen molar-refractivity contribution in [2.45, 2.75) is 53.1 Å². The van der Waals surface area contributed by atoms with E-state index in [2.05, 4.69) is 29.1 Å². The maximum absolute atomic E-state index is 13.5. The molecule has 2 aliphatic rings. The fraction of sp³-hybridized carbons (Fsp3) is 0.300. The van der Waals surface area contributed by atoms with Crippen molar-refractivity contribution < 1.29 is 14.4 Å². The minimum absolute atomic E-state index is 0.0948. The van der Waals surface area contributed by atoms with Crippen molar-refractivity contribution in [2.24, 2.45) is 10.6 Å². The molecule has 0 saturated carbocycles. The average Bonchev–Trinajstić information content (AvgIpc) is 3.31. The third-order valence-corrected chi connectivity index (χ3v) is 7.10. The Morgan fingerprint density at radius 2 is 1.89 bits per heavy atom. The Hall–Kier alpha value is -4.33. The van der Waals surface area contributed by atoms with Gasteiger partial charge in [0.25, 0.3) is 0 Å². The Morgan fingerprint density at radius 3 is 2.66 bits per heavy atom. The molecule has 8 heteroatoms. The fourth-order valence-corrected chi connectivity index (χ4v) is 5.26. The van der Waals surface area contributed by atoms with Gasteiger partial charge in [0.2, 0.25) is 5.88 Å². The number of carbonyl (C=O) groups is 1. The smallest absolute Gasteiger partial charge is 0.228 e. The van der Waals surface area contributed by atoms with Gasteiger partial charge in [-0.1, -0.05) is 79.2 Å². The number of hydrogen-bond acceptors (Lipinski definition) is 7. The van der Waals surface area contributed by atoms with E-state index in [1.165, 1.54) is 5.56 Å². The standard InChI is InChI=1S/C30H29N5O3/c1-18-10-12-20(13-11-18)19(2)34-37-16-24-32-28-27-25(21-8-6-5-7-9-21)26-22(36)14-30(3,4)15-23(26)38-29(27)31-17-35(28)33-24/h5-13,17,25H,14-16H2,1-4H3/b34-19+/t25-/m1/s1. The molecule has 1 aliphatic carbocycles. The Balaban J connectivity index is 1.37. The molecule has 1 aliphatic heterocycles. The van der Waals surface area contributed by atoms with Crippen molar-refractivity contribution in [3.63, 3.8) is 0 Å². The van der Waals surface area contributed by atoms with Gasteiger partial charge in [-0.05, 0) is 30.4 Å². The summed E-state index contributed by atoms with van der Waals surface area (Å²) >= 11 is 0. The molecule has 2 aromatic carbocycles. The molecule has 192 valence electrons. The van der Waals surface area contributed by atoms with Gasteiger partial charge in [0, 0.05) is 24.3 Å². The van der Waals surface area contributed by atoms with Gasteiger partial charge in [0.05, 0.1) is 11.3 Å². The van der Waals surface area contributed by atoms with E-state index in [0.717, 1.165) is 22.4 Å². The first-order valence-corrected chi connectivity index (χ1v) is 12.8. The summed E-state index contributed by atoms with van der Waals surface area (Å²) in [5.74, 6) is 1.39. The molecule has 0 saturated heterocycles. The van der Waals surface area contributed by atoms with Gasteiger partial charge in [0.1, 0.15) is 12.1 Å². The molecule has 0 unspecified atom stereocenters. The van der Waals surface area contributed by atoms with Crippen LogP contribution in [-0.4, -0.2) is 31.1 Å². The summed E-state index contributed by atoms with van der Waals surface area (Å²) in [5.41, 5.74) is 5.79. The van der Waals surface area contributed by atoms with Gasteiger partial charge in [-0.25, -0.2) is 14.5 Å². The van der Waals surface area contributed by atoms with Crippen LogP contribution in [0.3, 0.4) is 0 Å². The predicted octanol–water partition coefficient (Wildman–Crippen LogP) is 5.54. The molecular weight excluding hydrogens is 478 g/mol. The van der Waals surface area contributed by atoms with E-state index in [4.69, 9.17) is 14.6 Å². The highest BCUT2D eigenvalue weighted by Crippen LogP contribution is 2.50. The van der Waals surface area contributed by atoms with Crippen molar-refractivity contribution >= 4 is 17.1 Å². The van der Waals surface area contributed by atoms with Crippen LogP contribution < -0.4 is 4.74 Å². The Kier molecular flexibility index (Phi) is 5.82. The average molecular weight is 508 g/mol. The fourth-order valence-electron chi connectivity index (χ4n) is 5.26. The van der Waals surface area contributed by atoms with Gasteiger partial charge < -0.3 is 9.57 Å². The molecule has 0 bridgehead atoms. The lowest BCUT2D eigenvalue weighted by Crippen LogP contribution is -2.33. The summed E-state index contributed by atoms with van der Waals surface area (Å²) in [7, 11) is 0. The summed E-state index contributed by atoms with van der Waals surface area (Å²) in [5, 5.41) is 8.82. The Morgan fingerprint density at radius 1 is 1.13 bits per heavy atom. The number of hydrogen-bond donors (Lipinski definition) is 0. The van der Waals surface area contributed by atoms with Crippen LogP contribution in [-0.2, 0) is 16.2 Å². The third-order valence-electron chi connectivity index (χ3n) is 7.10. The van der Waals surface area contributed by atoms with E-state index in [1.807, 2.05) is 68.4 Å². The minimum Gasteiger partial charge on any atom is -0.442 e. The normalized spacial score (nSPS) is 18.7. The SMILES string of the molecule is C/C(=N\OCc1nc2c3c(ncn2n1)OC1=C(C(=O)CC(C)(C)C1)[C@H]3c1ccccc1)c1ccc(C)cc1. The zero-order valence-corrected chi connectivity index (χ0v) is 21.9. The lowest BCUT2D eigenvalue weighted by molar-refractivity contribution is -0.118. The summed E-state index contributed by atoms with van der Waals surface area (Å²) in [6.45, 7) is 8.23. The number of rotatable bonds is 5. The highest BCUT2D eigenvalue weighted by molar-refractivity contribution is 6.00. The van der Waals surface area contributed by atoms with E-state index in [9.17, 15) is 4.79 Å². The Bertz CT molecular complexity index is 1600. The molecule has 0 radical (unpaired) electrons. The number of aromatic nitrogens is 4. The molecule has 4 aromatic rings. The first kappa shape index (κ1) is 24.0. The van der Waals surface area contributed by atoms with Gasteiger partial charge in [-0.15, -0.1) is 5.10 Å². The van der Waals surface area contributed by atoms with Gasteiger partial charge in [-0.2, -0.15) is 0 Å². The van der Waals surface area contributed by atoms with Crippen molar-refractivity contribution in [1.29, 1.82) is 0 Å². The van der Waals surface area contributed by atoms with Crippen LogP contribution in [0.2, 0.25) is 0 Å². The van der Waals surface area contributed by atoms with Crippen LogP contribution in [0.1, 0.15) is 67.6 Å². The van der Waals surface area contributed by atoms with Crippen LogP contribution in [0.25, 0.3) is 5.65 Å². The molecule has 3 heterocycles. The topological polar surface area (TPSA) is 91.0 Å². The maximum atomic E-state index is 13.5. The molecule has 2 aromatic heterocycles. The number of allylic oxidation sites excluding steroid dienone is 2. The monoisotopic (exact) mass is 507 g/mol. The van der Waals surface area contributed by atoms with Crippen LogP contribution in [0, 0.1) is 12.3 Å². The summed E-state index contributed by atoms with van der Waals surface area (Å²) in [4.78, 5) is 28.5. The predicted molar refractivity (Wildman–Crippen MR) is 143 cm³/mol. The van der Waals surface area contributed by atoms with Crippen LogP contribution in [0.15, 0.2) is 77.4 Å². The van der Waals surface area contributed by atoms with E-state index in [0.29, 0.717) is 41.5 Å². The highest BCUT2D eigenvalue weighted by Gasteiger charge is 2.43. The third kappa shape index (κ3) is 4.36. The molecule has 1 atom stereocenters. The Labute approximate surface area is 221 Å². The van der Waals surface area contributed by atoms with Gasteiger partial charge in [-0.3, -0.25) is 4.79 Å². The van der Waals surface area contributed by atoms with Gasteiger partial charge >= 0.3 is 0 Å². The number of ether oxygens (including phenoxy) is 1. The zero-order valence-electron chi connectivity index (χ0n) is 21.9.